The molecule has 3 heterocycles. The number of halogens is 6. The van der Waals surface area contributed by atoms with Crippen molar-refractivity contribution < 1.29 is 36.3 Å². The molecule has 42 heavy (non-hydrogen) atoms. The lowest BCUT2D eigenvalue weighted by Crippen LogP contribution is -2.48. The molecule has 3 amide bonds. The minimum absolute atomic E-state index is 0.0331. The number of hydrogen-bond donors (Lipinski definition) is 3. The summed E-state index contributed by atoms with van der Waals surface area (Å²) in [5.41, 5.74) is -1.94. The Bertz CT molecular complexity index is 1570. The Morgan fingerprint density at radius 1 is 1.07 bits per heavy atom. The van der Waals surface area contributed by atoms with Crippen molar-refractivity contribution in [3.8, 4) is 0 Å². The van der Waals surface area contributed by atoms with Crippen molar-refractivity contribution >= 4 is 35.1 Å². The van der Waals surface area contributed by atoms with E-state index in [0.29, 0.717) is 25.2 Å². The number of imidazole rings is 1. The Kier molecular flexibility index (Phi) is 7.94. The second-order valence-corrected chi connectivity index (χ2v) is 10.3. The van der Waals surface area contributed by atoms with Crippen LogP contribution in [0, 0.1) is 11.6 Å². The van der Waals surface area contributed by atoms with E-state index in [-0.39, 0.29) is 40.5 Å². The van der Waals surface area contributed by atoms with Crippen molar-refractivity contribution in [3.63, 3.8) is 0 Å². The minimum Gasteiger partial charge on any atom is -0.352 e. The van der Waals surface area contributed by atoms with Crippen LogP contribution in [0.5, 0.6) is 0 Å². The van der Waals surface area contributed by atoms with Crippen LogP contribution in [0.3, 0.4) is 0 Å². The zero-order chi connectivity index (χ0) is 30.3. The van der Waals surface area contributed by atoms with Crippen molar-refractivity contribution in [2.75, 3.05) is 32.0 Å². The number of anilines is 1. The lowest BCUT2D eigenvalue weighted by molar-refractivity contribution is -0.137. The fraction of sp³-hybridized carbons (Fsp3) is 0.333. The molecule has 0 bridgehead atoms. The second-order valence-electron chi connectivity index (χ2n) is 9.93. The molecule has 9 nitrogen and oxygen atoms in total. The molecule has 0 radical (unpaired) electrons. The van der Waals surface area contributed by atoms with Gasteiger partial charge in [-0.1, -0.05) is 11.6 Å². The van der Waals surface area contributed by atoms with E-state index in [4.69, 9.17) is 11.6 Å². The van der Waals surface area contributed by atoms with Crippen molar-refractivity contribution in [2.24, 2.45) is 0 Å². The predicted molar refractivity (Wildman–Crippen MR) is 141 cm³/mol. The number of nitrogens with one attached hydrogen (secondary N) is 3. The molecule has 0 aliphatic carbocycles. The number of alkyl halides is 3. The molecule has 15 heteroatoms. The average Bonchev–Trinajstić information content (AvgIpc) is 3.58. The highest BCUT2D eigenvalue weighted by Crippen LogP contribution is 2.39. The van der Waals surface area contributed by atoms with E-state index in [1.165, 1.54) is 17.7 Å². The maximum absolute atomic E-state index is 14.4. The molecule has 2 aliphatic rings. The first-order valence-electron chi connectivity index (χ1n) is 12.9. The summed E-state index contributed by atoms with van der Waals surface area (Å²) >= 11 is 6.38. The summed E-state index contributed by atoms with van der Waals surface area (Å²) in [5, 5.41) is 7.61. The number of carbonyl (C=O) groups excluding carboxylic acids is 3. The maximum atomic E-state index is 14.4. The molecule has 1 saturated heterocycles. The number of rotatable bonds is 6. The van der Waals surface area contributed by atoms with Gasteiger partial charge in [-0.3, -0.25) is 14.4 Å². The van der Waals surface area contributed by atoms with Gasteiger partial charge < -0.3 is 25.4 Å². The van der Waals surface area contributed by atoms with Gasteiger partial charge in [0.1, 0.15) is 17.7 Å². The van der Waals surface area contributed by atoms with Crippen LogP contribution < -0.4 is 16.0 Å². The molecule has 0 unspecified atom stereocenters. The summed E-state index contributed by atoms with van der Waals surface area (Å²) in [4.78, 5) is 46.0. The topological polar surface area (TPSA) is 108 Å². The van der Waals surface area contributed by atoms with Crippen LogP contribution >= 0.6 is 11.6 Å². The maximum Gasteiger partial charge on any atom is 0.416 e. The number of aromatic nitrogens is 2. The zero-order valence-corrected chi connectivity index (χ0v) is 22.7. The van der Waals surface area contributed by atoms with E-state index in [1.807, 2.05) is 4.90 Å². The Morgan fingerprint density at radius 3 is 2.45 bits per heavy atom. The molecule has 0 spiro atoms. The van der Waals surface area contributed by atoms with E-state index in [0.717, 1.165) is 25.0 Å². The highest BCUT2D eigenvalue weighted by Gasteiger charge is 2.42. The predicted octanol–water partition coefficient (Wildman–Crippen LogP) is 4.30. The lowest BCUT2D eigenvalue weighted by Gasteiger charge is -2.35. The number of fused-ring (bicyclic) bond motifs is 1. The van der Waals surface area contributed by atoms with Gasteiger partial charge in [0, 0.05) is 29.7 Å². The summed E-state index contributed by atoms with van der Waals surface area (Å²) in [6.07, 6.45) is -3.11. The standard InChI is InChI=1S/C27H24ClF5N6O3/c1-34-26(42)23-36-22(37-24(40)13-8-14(27(31,32)33)10-16(30)9-13)21-20(17-11-15(29)4-5-18(17)28)35-25(41)19(39(21)23)12-38-6-2-3-7-38/h4-5,8-11,19-20H,2-3,6-7,12H2,1H3,(H,34,42)(H,35,41)(H,37,40)/t19-,20-/m0/s1. The summed E-state index contributed by atoms with van der Waals surface area (Å²) in [6.45, 7) is 1.58. The van der Waals surface area contributed by atoms with E-state index >= 15 is 0 Å². The molecule has 1 aromatic heterocycles. The number of benzene rings is 2. The zero-order valence-electron chi connectivity index (χ0n) is 22.0. The Morgan fingerprint density at radius 2 is 1.79 bits per heavy atom. The molecular weight excluding hydrogens is 587 g/mol. The fourth-order valence-corrected chi connectivity index (χ4v) is 5.45. The van der Waals surface area contributed by atoms with Gasteiger partial charge in [-0.2, -0.15) is 13.2 Å². The van der Waals surface area contributed by atoms with Crippen LogP contribution in [0.25, 0.3) is 0 Å². The molecule has 5 rings (SSSR count). The van der Waals surface area contributed by atoms with Crippen LogP contribution in [0.15, 0.2) is 36.4 Å². The molecule has 222 valence electrons. The van der Waals surface area contributed by atoms with Gasteiger partial charge in [-0.15, -0.1) is 0 Å². The molecule has 2 atom stereocenters. The molecule has 1 fully saturated rings. The van der Waals surface area contributed by atoms with Crippen LogP contribution in [-0.4, -0.2) is 58.9 Å². The van der Waals surface area contributed by atoms with Crippen molar-refractivity contribution in [2.45, 2.75) is 31.1 Å². The molecule has 0 saturated carbocycles. The highest BCUT2D eigenvalue weighted by molar-refractivity contribution is 6.31. The number of hydrogen-bond acceptors (Lipinski definition) is 5. The molecule has 2 aliphatic heterocycles. The molecular formula is C27H24ClF5N6O3. The molecule has 3 aromatic rings. The van der Waals surface area contributed by atoms with E-state index in [1.54, 1.807) is 0 Å². The third-order valence-corrected chi connectivity index (χ3v) is 7.51. The lowest BCUT2D eigenvalue weighted by atomic mass is 9.98. The van der Waals surface area contributed by atoms with Gasteiger partial charge in [-0.05, 0) is 62.3 Å². The van der Waals surface area contributed by atoms with Crippen LogP contribution in [0.4, 0.5) is 27.8 Å². The first kappa shape index (κ1) is 29.5. The van der Waals surface area contributed by atoms with Gasteiger partial charge in [0.2, 0.25) is 11.7 Å². The van der Waals surface area contributed by atoms with Crippen LogP contribution in [0.2, 0.25) is 5.02 Å². The first-order valence-corrected chi connectivity index (χ1v) is 13.3. The number of likely N-dealkylation sites (tertiary alicyclic amines) is 1. The monoisotopic (exact) mass is 610 g/mol. The van der Waals surface area contributed by atoms with Crippen molar-refractivity contribution in [3.05, 3.63) is 81.3 Å². The van der Waals surface area contributed by atoms with Crippen LogP contribution in [0.1, 0.15) is 62.7 Å². The quantitative estimate of drug-likeness (QED) is 0.361. The Balaban J connectivity index is 1.67. The second kappa shape index (κ2) is 11.3. The summed E-state index contributed by atoms with van der Waals surface area (Å²) in [7, 11) is 1.33. The number of nitrogens with zero attached hydrogens (tertiary/aromatic N) is 3. The summed E-state index contributed by atoms with van der Waals surface area (Å²) in [5.74, 6) is -5.00. The van der Waals surface area contributed by atoms with Gasteiger partial charge in [0.25, 0.3) is 11.8 Å². The fourth-order valence-electron chi connectivity index (χ4n) is 5.22. The molecule has 3 N–H and O–H groups in total. The number of amides is 3. The van der Waals surface area contributed by atoms with Crippen molar-refractivity contribution in [1.29, 1.82) is 0 Å². The highest BCUT2D eigenvalue weighted by atomic mass is 35.5. The summed E-state index contributed by atoms with van der Waals surface area (Å²) < 4.78 is 69.7. The average molecular weight is 611 g/mol. The SMILES string of the molecule is CNC(=O)c1nc(NC(=O)c2cc(F)cc(C(F)(F)F)c2)c2n1[C@@H](CN1CCCC1)C(=O)N[C@H]2c1cc(F)ccc1Cl. The van der Waals surface area contributed by atoms with Gasteiger partial charge in [0.05, 0.1) is 17.3 Å². The minimum atomic E-state index is -4.93. The smallest absolute Gasteiger partial charge is 0.352 e. The third kappa shape index (κ3) is 5.68. The Hall–Kier alpha value is -4.04. The van der Waals surface area contributed by atoms with Gasteiger partial charge in [-0.25, -0.2) is 13.8 Å². The molecule has 2 aromatic carbocycles. The first-order chi connectivity index (χ1) is 19.9. The Labute approximate surface area is 241 Å². The van der Waals surface area contributed by atoms with E-state index < -0.39 is 58.7 Å². The van der Waals surface area contributed by atoms with E-state index in [2.05, 4.69) is 20.9 Å². The third-order valence-electron chi connectivity index (χ3n) is 7.17. The van der Waals surface area contributed by atoms with Crippen LogP contribution in [-0.2, 0) is 11.0 Å². The van der Waals surface area contributed by atoms with Gasteiger partial charge >= 0.3 is 6.18 Å². The van der Waals surface area contributed by atoms with Gasteiger partial charge in [0.15, 0.2) is 5.82 Å². The van der Waals surface area contributed by atoms with E-state index in [9.17, 15) is 36.3 Å². The summed E-state index contributed by atoms with van der Waals surface area (Å²) in [6, 6.07) is 2.53. The number of carbonyl (C=O) groups is 3. The normalized spacial score (nSPS) is 18.9. The van der Waals surface area contributed by atoms with Crippen molar-refractivity contribution in [1.82, 2.24) is 25.1 Å². The largest absolute Gasteiger partial charge is 0.416 e.